The van der Waals surface area contributed by atoms with Crippen molar-refractivity contribution < 1.29 is 14.0 Å². The number of H-pyrrole nitrogens is 1. The van der Waals surface area contributed by atoms with Crippen LogP contribution in [0.5, 0.6) is 0 Å². The van der Waals surface area contributed by atoms with Crippen LogP contribution in [-0.4, -0.2) is 50.8 Å². The van der Waals surface area contributed by atoms with Crippen LogP contribution in [0.4, 0.5) is 0 Å². The maximum absolute atomic E-state index is 12.9. The molecule has 2 amide bonds. The van der Waals surface area contributed by atoms with Gasteiger partial charge in [-0.15, -0.1) is 0 Å². The molecule has 0 bridgehead atoms. The second-order valence-electron chi connectivity index (χ2n) is 6.61. The van der Waals surface area contributed by atoms with E-state index in [4.69, 9.17) is 4.42 Å². The maximum Gasteiger partial charge on any atom is 0.273 e. The molecule has 3 aromatic rings. The molecule has 3 heterocycles. The lowest BCUT2D eigenvalue weighted by atomic mass is 9.92. The van der Waals surface area contributed by atoms with E-state index in [1.807, 2.05) is 12.1 Å². The van der Waals surface area contributed by atoms with Crippen LogP contribution in [0.3, 0.4) is 0 Å². The quantitative estimate of drug-likeness (QED) is 0.747. The molecule has 2 aromatic heterocycles. The number of aromatic nitrogens is 3. The molecule has 0 saturated carbocycles. The summed E-state index contributed by atoms with van der Waals surface area (Å²) in [5, 5.41) is 2.96. The highest BCUT2D eigenvalue weighted by Gasteiger charge is 2.31. The van der Waals surface area contributed by atoms with Gasteiger partial charge in [-0.25, -0.2) is 9.97 Å². The summed E-state index contributed by atoms with van der Waals surface area (Å²) in [7, 11) is 0. The van der Waals surface area contributed by atoms with E-state index in [2.05, 4.69) is 27.2 Å². The molecule has 1 aliphatic heterocycles. The number of benzene rings is 1. The van der Waals surface area contributed by atoms with Gasteiger partial charge in [0.15, 0.2) is 12.1 Å². The molecule has 0 radical (unpaired) electrons. The van der Waals surface area contributed by atoms with Crippen LogP contribution in [0.15, 0.2) is 41.6 Å². The summed E-state index contributed by atoms with van der Waals surface area (Å²) in [5.74, 6) is -0.0668. The van der Waals surface area contributed by atoms with Crippen LogP contribution in [0.1, 0.15) is 34.2 Å². The summed E-state index contributed by atoms with van der Waals surface area (Å²) in [4.78, 5) is 38.0. The monoisotopic (exact) mass is 353 g/mol. The molecule has 134 valence electrons. The third kappa shape index (κ3) is 3.05. The van der Waals surface area contributed by atoms with Gasteiger partial charge in [-0.1, -0.05) is 6.92 Å². The lowest BCUT2D eigenvalue weighted by molar-refractivity contribution is 0.0624. The molecule has 8 heteroatoms. The molecule has 0 aliphatic carbocycles. The fourth-order valence-electron chi connectivity index (χ4n) is 3.26. The Hall–Kier alpha value is -3.16. The lowest BCUT2D eigenvalue weighted by Crippen LogP contribution is -2.53. The zero-order chi connectivity index (χ0) is 18.1. The zero-order valence-corrected chi connectivity index (χ0v) is 14.3. The average molecular weight is 353 g/mol. The summed E-state index contributed by atoms with van der Waals surface area (Å²) in [6.45, 7) is 3.20. The number of amides is 2. The number of piperidine rings is 1. The number of rotatable bonds is 3. The Labute approximate surface area is 149 Å². The summed E-state index contributed by atoms with van der Waals surface area (Å²) in [5.41, 5.74) is 2.51. The largest absolute Gasteiger partial charge is 0.451 e. The van der Waals surface area contributed by atoms with E-state index in [0.29, 0.717) is 18.7 Å². The number of likely N-dealkylation sites (tertiary alicyclic amines) is 1. The Morgan fingerprint density at radius 1 is 1.35 bits per heavy atom. The van der Waals surface area contributed by atoms with E-state index in [-0.39, 0.29) is 29.5 Å². The smallest absolute Gasteiger partial charge is 0.273 e. The van der Waals surface area contributed by atoms with E-state index >= 15 is 0 Å². The number of carbonyl (C=O) groups excluding carboxylic acids is 2. The minimum atomic E-state index is -0.288. The summed E-state index contributed by atoms with van der Waals surface area (Å²) < 4.78 is 4.85. The number of imidazole rings is 1. The van der Waals surface area contributed by atoms with Gasteiger partial charge in [-0.3, -0.25) is 9.59 Å². The summed E-state index contributed by atoms with van der Waals surface area (Å²) in [6.07, 6.45) is 4.96. The summed E-state index contributed by atoms with van der Waals surface area (Å²) >= 11 is 0. The van der Waals surface area contributed by atoms with E-state index in [1.165, 1.54) is 12.7 Å². The molecule has 0 spiro atoms. The number of carbonyl (C=O) groups is 2. The molecule has 2 unspecified atom stereocenters. The van der Waals surface area contributed by atoms with Crippen molar-refractivity contribution in [2.24, 2.45) is 5.92 Å². The predicted octanol–water partition coefficient (Wildman–Crippen LogP) is 1.83. The Morgan fingerprint density at radius 3 is 3.04 bits per heavy atom. The minimum Gasteiger partial charge on any atom is -0.451 e. The molecule has 1 aromatic carbocycles. The highest BCUT2D eigenvalue weighted by Crippen LogP contribution is 2.21. The second kappa shape index (κ2) is 6.62. The fourth-order valence-corrected chi connectivity index (χ4v) is 3.26. The molecule has 1 saturated heterocycles. The van der Waals surface area contributed by atoms with E-state index in [9.17, 15) is 9.59 Å². The predicted molar refractivity (Wildman–Crippen MR) is 93.5 cm³/mol. The molecule has 8 nitrogen and oxygen atoms in total. The number of hydrogen-bond acceptors (Lipinski definition) is 5. The normalized spacial score (nSPS) is 20.3. The van der Waals surface area contributed by atoms with Crippen LogP contribution in [0.25, 0.3) is 11.0 Å². The third-order valence-electron chi connectivity index (χ3n) is 4.89. The van der Waals surface area contributed by atoms with Gasteiger partial charge in [-0.2, -0.15) is 0 Å². The van der Waals surface area contributed by atoms with Crippen molar-refractivity contribution in [1.82, 2.24) is 25.2 Å². The molecule has 1 fully saturated rings. The number of aromatic amines is 1. The Morgan fingerprint density at radius 2 is 2.23 bits per heavy atom. The summed E-state index contributed by atoms with van der Waals surface area (Å²) in [6, 6.07) is 5.29. The standard InChI is InChI=1S/C18H19N5O3/c1-11-4-5-23(7-15(11)22-17(24)16-8-26-10-21-16)18(25)12-2-3-13-14(6-12)20-9-19-13/h2-3,6,8-11,15H,4-5,7H2,1H3,(H,19,20)(H,22,24). The zero-order valence-electron chi connectivity index (χ0n) is 14.3. The van der Waals surface area contributed by atoms with Gasteiger partial charge in [0.1, 0.15) is 6.26 Å². The van der Waals surface area contributed by atoms with Crippen molar-refractivity contribution in [3.05, 3.63) is 48.4 Å². The van der Waals surface area contributed by atoms with Gasteiger partial charge in [0.25, 0.3) is 11.8 Å². The molecular formula is C18H19N5O3. The highest BCUT2D eigenvalue weighted by atomic mass is 16.3. The number of fused-ring (bicyclic) bond motifs is 1. The Kier molecular flexibility index (Phi) is 4.16. The molecule has 26 heavy (non-hydrogen) atoms. The number of hydrogen-bond donors (Lipinski definition) is 2. The average Bonchev–Trinajstić information content (AvgIpc) is 3.34. The molecule has 4 rings (SSSR count). The first-order valence-electron chi connectivity index (χ1n) is 8.53. The van der Waals surface area contributed by atoms with Crippen molar-refractivity contribution in [2.45, 2.75) is 19.4 Å². The fraction of sp³-hybridized carbons (Fsp3) is 0.333. The van der Waals surface area contributed by atoms with Crippen molar-refractivity contribution in [3.63, 3.8) is 0 Å². The third-order valence-corrected chi connectivity index (χ3v) is 4.89. The van der Waals surface area contributed by atoms with Gasteiger partial charge in [0.2, 0.25) is 0 Å². The Bertz CT molecular complexity index is 933. The van der Waals surface area contributed by atoms with E-state index in [1.54, 1.807) is 17.3 Å². The number of nitrogens with zero attached hydrogens (tertiary/aromatic N) is 3. The number of nitrogens with one attached hydrogen (secondary N) is 2. The van der Waals surface area contributed by atoms with E-state index < -0.39 is 0 Å². The van der Waals surface area contributed by atoms with Crippen LogP contribution in [0, 0.1) is 5.92 Å². The van der Waals surface area contributed by atoms with Crippen molar-refractivity contribution >= 4 is 22.8 Å². The first-order valence-corrected chi connectivity index (χ1v) is 8.53. The topological polar surface area (TPSA) is 104 Å². The maximum atomic E-state index is 12.9. The SMILES string of the molecule is CC1CCN(C(=O)c2ccc3nc[nH]c3c2)CC1NC(=O)c1cocn1. The minimum absolute atomic E-state index is 0.0471. The van der Waals surface area contributed by atoms with Crippen molar-refractivity contribution in [2.75, 3.05) is 13.1 Å². The molecule has 2 atom stereocenters. The van der Waals surface area contributed by atoms with Crippen LogP contribution in [0.2, 0.25) is 0 Å². The van der Waals surface area contributed by atoms with Gasteiger partial charge in [0.05, 0.1) is 17.4 Å². The van der Waals surface area contributed by atoms with Crippen LogP contribution in [-0.2, 0) is 0 Å². The van der Waals surface area contributed by atoms with Crippen molar-refractivity contribution in [3.8, 4) is 0 Å². The molecule has 2 N–H and O–H groups in total. The highest BCUT2D eigenvalue weighted by molar-refractivity contribution is 5.97. The first kappa shape index (κ1) is 16.3. The van der Waals surface area contributed by atoms with Gasteiger partial charge in [-0.05, 0) is 30.5 Å². The van der Waals surface area contributed by atoms with Crippen LogP contribution < -0.4 is 5.32 Å². The van der Waals surface area contributed by atoms with Gasteiger partial charge in [0, 0.05) is 24.7 Å². The molecule has 1 aliphatic rings. The van der Waals surface area contributed by atoms with E-state index in [0.717, 1.165) is 17.5 Å². The second-order valence-corrected chi connectivity index (χ2v) is 6.61. The van der Waals surface area contributed by atoms with Crippen molar-refractivity contribution in [1.29, 1.82) is 0 Å². The lowest BCUT2D eigenvalue weighted by Gasteiger charge is -2.37. The van der Waals surface area contributed by atoms with Crippen LogP contribution >= 0.6 is 0 Å². The van der Waals surface area contributed by atoms with Gasteiger partial charge < -0.3 is 19.6 Å². The van der Waals surface area contributed by atoms with Gasteiger partial charge >= 0.3 is 0 Å². The first-order chi connectivity index (χ1) is 12.6. The number of oxazole rings is 1. The molecular weight excluding hydrogens is 334 g/mol. The Balaban J connectivity index is 1.48.